The lowest BCUT2D eigenvalue weighted by atomic mass is 9.96. The molecule has 4 heteroatoms. The number of nitrogens with one attached hydrogen (secondary N) is 1. The van der Waals surface area contributed by atoms with E-state index >= 15 is 0 Å². The molecule has 1 unspecified atom stereocenters. The molecule has 0 amide bonds. The summed E-state index contributed by atoms with van der Waals surface area (Å²) in [6.07, 6.45) is 5.65. The predicted molar refractivity (Wildman–Crippen MR) is 79.8 cm³/mol. The first-order valence-corrected chi connectivity index (χ1v) is 7.20. The Labute approximate surface area is 119 Å². The number of rotatable bonds is 3. The SMILES string of the molecule is COc1ccccc1-c1cnn(C)c1C1CCCCN1. The van der Waals surface area contributed by atoms with Crippen molar-refractivity contribution < 1.29 is 4.74 Å². The van der Waals surface area contributed by atoms with Crippen LogP contribution in [-0.2, 0) is 7.05 Å². The van der Waals surface area contributed by atoms with Gasteiger partial charge in [-0.15, -0.1) is 0 Å². The Kier molecular flexibility index (Phi) is 3.74. The van der Waals surface area contributed by atoms with Crippen molar-refractivity contribution in [2.24, 2.45) is 7.05 Å². The maximum Gasteiger partial charge on any atom is 0.126 e. The van der Waals surface area contributed by atoms with Crippen LogP contribution in [0.5, 0.6) is 5.75 Å². The average Bonchev–Trinajstić information content (AvgIpc) is 2.89. The van der Waals surface area contributed by atoms with Crippen LogP contribution in [0.2, 0.25) is 0 Å². The fraction of sp³-hybridized carbons (Fsp3) is 0.438. The van der Waals surface area contributed by atoms with E-state index in [4.69, 9.17) is 4.74 Å². The third-order valence-electron chi connectivity index (χ3n) is 4.02. The second-order valence-electron chi connectivity index (χ2n) is 5.27. The van der Waals surface area contributed by atoms with Gasteiger partial charge in [0.25, 0.3) is 0 Å². The molecule has 106 valence electrons. The quantitative estimate of drug-likeness (QED) is 0.933. The lowest BCUT2D eigenvalue weighted by molar-refractivity contribution is 0.394. The summed E-state index contributed by atoms with van der Waals surface area (Å²) in [5, 5.41) is 8.07. The second kappa shape index (κ2) is 5.67. The fourth-order valence-electron chi connectivity index (χ4n) is 3.02. The van der Waals surface area contributed by atoms with Crippen molar-refractivity contribution in [1.29, 1.82) is 0 Å². The molecule has 1 atom stereocenters. The van der Waals surface area contributed by atoms with E-state index in [1.54, 1.807) is 7.11 Å². The number of benzene rings is 1. The monoisotopic (exact) mass is 271 g/mol. The van der Waals surface area contributed by atoms with E-state index in [2.05, 4.69) is 16.5 Å². The molecule has 0 aliphatic carbocycles. The van der Waals surface area contributed by atoms with Crippen LogP contribution in [0.4, 0.5) is 0 Å². The Morgan fingerprint density at radius 1 is 1.25 bits per heavy atom. The molecule has 1 aromatic heterocycles. The zero-order valence-corrected chi connectivity index (χ0v) is 12.1. The van der Waals surface area contributed by atoms with Crippen molar-refractivity contribution >= 4 is 0 Å². The largest absolute Gasteiger partial charge is 0.496 e. The Bertz CT molecular complexity index is 585. The van der Waals surface area contributed by atoms with E-state index < -0.39 is 0 Å². The molecule has 1 saturated heterocycles. The highest BCUT2D eigenvalue weighted by Crippen LogP contribution is 2.36. The summed E-state index contributed by atoms with van der Waals surface area (Å²) in [5.74, 6) is 0.901. The molecule has 0 bridgehead atoms. The fourth-order valence-corrected chi connectivity index (χ4v) is 3.02. The van der Waals surface area contributed by atoms with Crippen molar-refractivity contribution in [2.75, 3.05) is 13.7 Å². The van der Waals surface area contributed by atoms with E-state index in [0.717, 1.165) is 17.9 Å². The lowest BCUT2D eigenvalue weighted by Gasteiger charge is -2.25. The highest BCUT2D eigenvalue weighted by Gasteiger charge is 2.23. The van der Waals surface area contributed by atoms with Gasteiger partial charge in [-0.25, -0.2) is 0 Å². The Hall–Kier alpha value is -1.81. The number of nitrogens with zero attached hydrogens (tertiary/aromatic N) is 2. The second-order valence-corrected chi connectivity index (χ2v) is 5.27. The summed E-state index contributed by atoms with van der Waals surface area (Å²) in [4.78, 5) is 0. The van der Waals surface area contributed by atoms with E-state index in [0.29, 0.717) is 6.04 Å². The van der Waals surface area contributed by atoms with E-state index in [-0.39, 0.29) is 0 Å². The molecule has 1 fully saturated rings. The van der Waals surface area contributed by atoms with E-state index in [1.165, 1.54) is 30.5 Å². The first-order valence-electron chi connectivity index (χ1n) is 7.20. The summed E-state index contributed by atoms with van der Waals surface area (Å²) >= 11 is 0. The highest BCUT2D eigenvalue weighted by atomic mass is 16.5. The normalized spacial score (nSPS) is 19.0. The Morgan fingerprint density at radius 3 is 2.85 bits per heavy atom. The van der Waals surface area contributed by atoms with E-state index in [9.17, 15) is 0 Å². The van der Waals surface area contributed by atoms with Crippen LogP contribution in [-0.4, -0.2) is 23.4 Å². The molecule has 3 rings (SSSR count). The van der Waals surface area contributed by atoms with Gasteiger partial charge in [-0.3, -0.25) is 4.68 Å². The number of ether oxygens (including phenoxy) is 1. The zero-order chi connectivity index (χ0) is 13.9. The number of aromatic nitrogens is 2. The summed E-state index contributed by atoms with van der Waals surface area (Å²) in [5.41, 5.74) is 3.55. The minimum Gasteiger partial charge on any atom is -0.496 e. The molecule has 1 N–H and O–H groups in total. The van der Waals surface area contributed by atoms with Crippen LogP contribution in [0.3, 0.4) is 0 Å². The molecular weight excluding hydrogens is 250 g/mol. The molecule has 2 aromatic rings. The van der Waals surface area contributed by atoms with Crippen molar-refractivity contribution in [3.05, 3.63) is 36.2 Å². The third kappa shape index (κ3) is 2.31. The number of piperidine rings is 1. The summed E-state index contributed by atoms with van der Waals surface area (Å²) in [6.45, 7) is 1.08. The van der Waals surface area contributed by atoms with Gasteiger partial charge in [0.05, 0.1) is 19.0 Å². The molecule has 1 aliphatic rings. The topological polar surface area (TPSA) is 39.1 Å². The summed E-state index contributed by atoms with van der Waals surface area (Å²) in [6, 6.07) is 8.53. The van der Waals surface area contributed by atoms with Crippen molar-refractivity contribution in [2.45, 2.75) is 25.3 Å². The average molecular weight is 271 g/mol. The van der Waals surface area contributed by atoms with Crippen LogP contribution >= 0.6 is 0 Å². The Morgan fingerprint density at radius 2 is 2.10 bits per heavy atom. The van der Waals surface area contributed by atoms with Gasteiger partial charge in [-0.05, 0) is 25.5 Å². The summed E-state index contributed by atoms with van der Waals surface area (Å²) < 4.78 is 7.48. The molecule has 0 saturated carbocycles. The van der Waals surface area contributed by atoms with Crippen LogP contribution in [0, 0.1) is 0 Å². The van der Waals surface area contributed by atoms with Crippen LogP contribution in [0.25, 0.3) is 11.1 Å². The zero-order valence-electron chi connectivity index (χ0n) is 12.1. The molecule has 4 nitrogen and oxygen atoms in total. The van der Waals surface area contributed by atoms with Gasteiger partial charge < -0.3 is 10.1 Å². The first kappa shape index (κ1) is 13.2. The third-order valence-corrected chi connectivity index (χ3v) is 4.02. The minimum atomic E-state index is 0.385. The maximum atomic E-state index is 5.49. The molecular formula is C16H21N3O. The smallest absolute Gasteiger partial charge is 0.126 e. The van der Waals surface area contributed by atoms with Crippen LogP contribution in [0.1, 0.15) is 31.0 Å². The summed E-state index contributed by atoms with van der Waals surface area (Å²) in [7, 11) is 3.73. The first-order chi connectivity index (χ1) is 9.81. The van der Waals surface area contributed by atoms with Crippen molar-refractivity contribution in [3.63, 3.8) is 0 Å². The van der Waals surface area contributed by atoms with Gasteiger partial charge in [-0.1, -0.05) is 24.6 Å². The van der Waals surface area contributed by atoms with Crippen molar-refractivity contribution in [1.82, 2.24) is 15.1 Å². The number of hydrogen-bond donors (Lipinski definition) is 1. The minimum absolute atomic E-state index is 0.385. The number of para-hydroxylation sites is 1. The number of hydrogen-bond acceptors (Lipinski definition) is 3. The molecule has 0 radical (unpaired) electrons. The van der Waals surface area contributed by atoms with Gasteiger partial charge in [0, 0.05) is 24.2 Å². The molecule has 20 heavy (non-hydrogen) atoms. The van der Waals surface area contributed by atoms with Gasteiger partial charge in [-0.2, -0.15) is 5.10 Å². The lowest BCUT2D eigenvalue weighted by Crippen LogP contribution is -2.28. The molecule has 0 spiro atoms. The van der Waals surface area contributed by atoms with Gasteiger partial charge >= 0.3 is 0 Å². The molecule has 1 aliphatic heterocycles. The van der Waals surface area contributed by atoms with Gasteiger partial charge in [0.15, 0.2) is 0 Å². The molecule has 1 aromatic carbocycles. The number of methoxy groups -OCH3 is 1. The maximum absolute atomic E-state index is 5.49. The molecule has 2 heterocycles. The Balaban J connectivity index is 2.05. The van der Waals surface area contributed by atoms with Crippen LogP contribution in [0.15, 0.2) is 30.5 Å². The highest BCUT2D eigenvalue weighted by molar-refractivity contribution is 5.72. The van der Waals surface area contributed by atoms with Gasteiger partial charge in [0.2, 0.25) is 0 Å². The van der Waals surface area contributed by atoms with Gasteiger partial charge in [0.1, 0.15) is 5.75 Å². The number of aryl methyl sites for hydroxylation is 1. The van der Waals surface area contributed by atoms with E-state index in [1.807, 2.05) is 36.1 Å². The standard InChI is InChI=1S/C16H21N3O/c1-19-16(14-8-5-6-10-17-14)13(11-18-19)12-7-3-4-9-15(12)20-2/h3-4,7,9,11,14,17H,5-6,8,10H2,1-2H3. The van der Waals surface area contributed by atoms with Crippen LogP contribution < -0.4 is 10.1 Å². The van der Waals surface area contributed by atoms with Crippen molar-refractivity contribution in [3.8, 4) is 16.9 Å². The predicted octanol–water partition coefficient (Wildman–Crippen LogP) is 2.91.